The maximum absolute atomic E-state index is 11.9. The first kappa shape index (κ1) is 12.3. The first-order valence-corrected chi connectivity index (χ1v) is 5.99. The molecular formula is C14H14N2O2. The fourth-order valence-electron chi connectivity index (χ4n) is 2.23. The number of fused-ring (bicyclic) bond motifs is 1. The minimum absolute atomic E-state index is 0.422. The fourth-order valence-corrected chi connectivity index (χ4v) is 2.23. The highest BCUT2D eigenvalue weighted by Crippen LogP contribution is 2.32. The molecule has 0 fully saturated rings. The predicted octanol–water partition coefficient (Wildman–Crippen LogP) is 2.22. The molecule has 4 nitrogen and oxygen atoms in total. The van der Waals surface area contributed by atoms with E-state index in [1.54, 1.807) is 17.0 Å². The molecule has 1 aliphatic heterocycles. The predicted molar refractivity (Wildman–Crippen MR) is 67.3 cm³/mol. The van der Waals surface area contributed by atoms with Crippen molar-refractivity contribution in [2.75, 3.05) is 11.4 Å². The average Bonchev–Trinajstić information content (AvgIpc) is 2.61. The summed E-state index contributed by atoms with van der Waals surface area (Å²) in [7, 11) is 0. The number of ketones is 1. The van der Waals surface area contributed by atoms with Crippen LogP contribution in [-0.2, 0) is 4.79 Å². The number of amides is 1. The molecule has 0 spiro atoms. The third kappa shape index (κ3) is 2.00. The molecule has 1 amide bonds. The number of para-hydroxylation sites is 1. The lowest BCUT2D eigenvalue weighted by molar-refractivity contribution is -0.114. The number of aryl methyl sites for hydroxylation is 1. The number of carbonyl (C=O) groups excluding carboxylic acids is 2. The molecule has 4 heteroatoms. The quantitative estimate of drug-likeness (QED) is 0.600. The summed E-state index contributed by atoms with van der Waals surface area (Å²) in [5.74, 6) is -0.870. The van der Waals surface area contributed by atoms with Crippen LogP contribution in [0.15, 0.2) is 18.2 Å². The Morgan fingerprint density at radius 1 is 1.28 bits per heavy atom. The molecule has 0 N–H and O–H groups in total. The largest absolute Gasteiger partial charge is 0.304 e. The molecule has 1 aromatic carbocycles. The lowest BCUT2D eigenvalue weighted by Crippen LogP contribution is -2.31. The second-order valence-corrected chi connectivity index (χ2v) is 4.37. The Labute approximate surface area is 106 Å². The van der Waals surface area contributed by atoms with Gasteiger partial charge in [0.1, 0.15) is 0 Å². The van der Waals surface area contributed by atoms with Crippen molar-refractivity contribution in [2.24, 2.45) is 0 Å². The number of Topliss-reactive ketones (excluding diaryl/α,β-unsaturated/α-hetero) is 1. The van der Waals surface area contributed by atoms with Gasteiger partial charge in [-0.3, -0.25) is 9.59 Å². The maximum atomic E-state index is 11.9. The molecule has 1 aliphatic rings. The van der Waals surface area contributed by atoms with E-state index in [9.17, 15) is 9.59 Å². The van der Waals surface area contributed by atoms with Crippen LogP contribution in [0.1, 0.15) is 35.2 Å². The van der Waals surface area contributed by atoms with Gasteiger partial charge in [0.2, 0.25) is 0 Å². The average molecular weight is 242 g/mol. The van der Waals surface area contributed by atoms with Gasteiger partial charge in [-0.2, -0.15) is 5.26 Å². The summed E-state index contributed by atoms with van der Waals surface area (Å²) in [6, 6.07) is 7.45. The maximum Gasteiger partial charge on any atom is 0.299 e. The van der Waals surface area contributed by atoms with Crippen LogP contribution in [0.5, 0.6) is 0 Å². The molecule has 18 heavy (non-hydrogen) atoms. The van der Waals surface area contributed by atoms with E-state index >= 15 is 0 Å². The second-order valence-electron chi connectivity index (χ2n) is 4.37. The van der Waals surface area contributed by atoms with Crippen LogP contribution in [0.4, 0.5) is 5.69 Å². The summed E-state index contributed by atoms with van der Waals surface area (Å²) in [6.45, 7) is 2.40. The summed E-state index contributed by atoms with van der Waals surface area (Å²) < 4.78 is 0. The van der Waals surface area contributed by atoms with Crippen LogP contribution >= 0.6 is 0 Å². The van der Waals surface area contributed by atoms with Crippen molar-refractivity contribution in [1.82, 2.24) is 0 Å². The highest BCUT2D eigenvalue weighted by molar-refractivity contribution is 6.52. The van der Waals surface area contributed by atoms with Gasteiger partial charge in [0, 0.05) is 13.0 Å². The third-order valence-corrected chi connectivity index (χ3v) is 3.11. The summed E-state index contributed by atoms with van der Waals surface area (Å²) >= 11 is 0. The number of nitriles is 1. The first-order chi connectivity index (χ1) is 8.66. The zero-order chi connectivity index (χ0) is 13.1. The smallest absolute Gasteiger partial charge is 0.299 e. The number of nitrogens with zero attached hydrogens (tertiary/aromatic N) is 2. The van der Waals surface area contributed by atoms with Gasteiger partial charge in [-0.05, 0) is 31.4 Å². The SMILES string of the molecule is Cc1cccc2c1N(CCCCC#N)C(=O)C2=O. The number of hydrogen-bond acceptors (Lipinski definition) is 3. The number of unbranched alkanes of at least 4 members (excludes halogenated alkanes) is 2. The number of hydrogen-bond donors (Lipinski definition) is 0. The van der Waals surface area contributed by atoms with E-state index in [1.807, 2.05) is 13.0 Å². The van der Waals surface area contributed by atoms with Crippen molar-refractivity contribution >= 4 is 17.4 Å². The van der Waals surface area contributed by atoms with Gasteiger partial charge in [0.15, 0.2) is 0 Å². The van der Waals surface area contributed by atoms with E-state index in [1.165, 1.54) is 0 Å². The Balaban J connectivity index is 2.21. The van der Waals surface area contributed by atoms with Gasteiger partial charge in [0.05, 0.1) is 17.3 Å². The van der Waals surface area contributed by atoms with Crippen LogP contribution in [0, 0.1) is 18.3 Å². The van der Waals surface area contributed by atoms with Gasteiger partial charge < -0.3 is 4.90 Å². The lowest BCUT2D eigenvalue weighted by atomic mass is 10.1. The topological polar surface area (TPSA) is 61.2 Å². The Hall–Kier alpha value is -2.15. The minimum Gasteiger partial charge on any atom is -0.304 e. The van der Waals surface area contributed by atoms with Crippen molar-refractivity contribution in [2.45, 2.75) is 26.2 Å². The zero-order valence-electron chi connectivity index (χ0n) is 10.3. The van der Waals surface area contributed by atoms with Crippen LogP contribution < -0.4 is 4.90 Å². The van der Waals surface area contributed by atoms with Gasteiger partial charge in [-0.25, -0.2) is 0 Å². The van der Waals surface area contributed by atoms with Crippen LogP contribution in [-0.4, -0.2) is 18.2 Å². The van der Waals surface area contributed by atoms with Crippen molar-refractivity contribution in [3.05, 3.63) is 29.3 Å². The minimum atomic E-state index is -0.448. The van der Waals surface area contributed by atoms with Crippen LogP contribution in [0.2, 0.25) is 0 Å². The number of rotatable bonds is 4. The van der Waals surface area contributed by atoms with E-state index < -0.39 is 11.7 Å². The Kier molecular flexibility index (Phi) is 3.42. The third-order valence-electron chi connectivity index (χ3n) is 3.11. The van der Waals surface area contributed by atoms with Gasteiger partial charge in [0.25, 0.3) is 11.7 Å². The molecule has 0 radical (unpaired) electrons. The zero-order valence-corrected chi connectivity index (χ0v) is 10.3. The highest BCUT2D eigenvalue weighted by Gasteiger charge is 2.36. The molecule has 2 rings (SSSR count). The highest BCUT2D eigenvalue weighted by atomic mass is 16.2. The van der Waals surface area contributed by atoms with Crippen molar-refractivity contribution in [1.29, 1.82) is 5.26 Å². The van der Waals surface area contributed by atoms with Crippen LogP contribution in [0.25, 0.3) is 0 Å². The summed E-state index contributed by atoms with van der Waals surface area (Å²) in [6.07, 6.45) is 1.96. The number of benzene rings is 1. The first-order valence-electron chi connectivity index (χ1n) is 5.99. The van der Waals surface area contributed by atoms with Crippen molar-refractivity contribution < 1.29 is 9.59 Å². The molecule has 0 unspecified atom stereocenters. The number of anilines is 1. The molecule has 0 saturated heterocycles. The van der Waals surface area contributed by atoms with Gasteiger partial charge in [-0.15, -0.1) is 0 Å². The summed E-state index contributed by atoms with van der Waals surface area (Å²) in [5, 5.41) is 8.47. The second kappa shape index (κ2) is 5.01. The summed E-state index contributed by atoms with van der Waals surface area (Å²) in [4.78, 5) is 25.2. The molecule has 0 aliphatic carbocycles. The van der Waals surface area contributed by atoms with E-state index in [0.717, 1.165) is 24.1 Å². The van der Waals surface area contributed by atoms with E-state index in [-0.39, 0.29) is 0 Å². The lowest BCUT2D eigenvalue weighted by Gasteiger charge is -2.17. The summed E-state index contributed by atoms with van der Waals surface area (Å²) in [5.41, 5.74) is 2.18. The van der Waals surface area contributed by atoms with Gasteiger partial charge >= 0.3 is 0 Å². The molecule has 0 bridgehead atoms. The molecule has 1 heterocycles. The number of carbonyl (C=O) groups is 2. The van der Waals surface area contributed by atoms with E-state index in [4.69, 9.17) is 5.26 Å². The van der Waals surface area contributed by atoms with Crippen LogP contribution in [0.3, 0.4) is 0 Å². The normalized spacial score (nSPS) is 13.7. The monoisotopic (exact) mass is 242 g/mol. The van der Waals surface area contributed by atoms with Crippen molar-refractivity contribution in [3.8, 4) is 6.07 Å². The molecular weight excluding hydrogens is 228 g/mol. The molecule has 1 aromatic rings. The Bertz CT molecular complexity index is 543. The van der Waals surface area contributed by atoms with Crippen molar-refractivity contribution in [3.63, 3.8) is 0 Å². The fraction of sp³-hybridized carbons (Fsp3) is 0.357. The van der Waals surface area contributed by atoms with E-state index in [0.29, 0.717) is 18.5 Å². The van der Waals surface area contributed by atoms with E-state index in [2.05, 4.69) is 6.07 Å². The Morgan fingerprint density at radius 3 is 2.78 bits per heavy atom. The molecule has 0 saturated carbocycles. The molecule has 0 atom stereocenters. The molecule has 0 aromatic heterocycles. The Morgan fingerprint density at radius 2 is 2.06 bits per heavy atom. The van der Waals surface area contributed by atoms with Gasteiger partial charge in [-0.1, -0.05) is 12.1 Å². The standard InChI is InChI=1S/C14H14N2O2/c1-10-6-5-7-11-12(10)16(14(18)13(11)17)9-4-2-3-8-15/h5-7H,2-4,9H2,1H3. The molecule has 92 valence electrons.